The molecule has 0 saturated carbocycles. The van der Waals surface area contributed by atoms with Crippen molar-refractivity contribution in [3.05, 3.63) is 65.7 Å². The van der Waals surface area contributed by atoms with E-state index in [0.29, 0.717) is 24.3 Å². The van der Waals surface area contributed by atoms with Gasteiger partial charge in [-0.05, 0) is 68.1 Å². The number of esters is 1. The van der Waals surface area contributed by atoms with Gasteiger partial charge in [-0.3, -0.25) is 24.1 Å². The van der Waals surface area contributed by atoms with Crippen molar-refractivity contribution < 1.29 is 23.9 Å². The fourth-order valence-corrected chi connectivity index (χ4v) is 5.18. The number of amides is 3. The van der Waals surface area contributed by atoms with Crippen molar-refractivity contribution in [3.63, 3.8) is 0 Å². The summed E-state index contributed by atoms with van der Waals surface area (Å²) in [6.45, 7) is 4.33. The van der Waals surface area contributed by atoms with Crippen LogP contribution in [0.15, 0.2) is 60.2 Å². The summed E-state index contributed by atoms with van der Waals surface area (Å²) in [5.74, 6) is -1.78. The first-order valence-corrected chi connectivity index (χ1v) is 12.1. The molecule has 2 aromatic carbocycles. The Kier molecular flexibility index (Phi) is 6.01. The van der Waals surface area contributed by atoms with E-state index in [1.165, 1.54) is 10.5 Å². The van der Waals surface area contributed by atoms with Crippen molar-refractivity contribution in [3.8, 4) is 5.75 Å². The number of carbonyl (C=O) groups excluding carboxylic acids is 4. The van der Waals surface area contributed by atoms with Crippen LogP contribution < -0.4 is 14.5 Å². The zero-order valence-electron chi connectivity index (χ0n) is 19.9. The summed E-state index contributed by atoms with van der Waals surface area (Å²) in [7, 11) is 0. The summed E-state index contributed by atoms with van der Waals surface area (Å²) < 4.78 is 5.53. The monoisotopic (exact) mass is 472 g/mol. The molecular formula is C28H28N2O5. The van der Waals surface area contributed by atoms with Gasteiger partial charge in [0.15, 0.2) is 0 Å². The molecule has 1 aliphatic carbocycles. The number of nitrogens with zero attached hydrogens (tertiary/aromatic N) is 2. The van der Waals surface area contributed by atoms with Gasteiger partial charge in [0.2, 0.25) is 17.7 Å². The second kappa shape index (κ2) is 9.13. The average Bonchev–Trinajstić information content (AvgIpc) is 3.37. The first-order chi connectivity index (χ1) is 16.9. The van der Waals surface area contributed by atoms with Crippen molar-refractivity contribution in [2.24, 2.45) is 17.8 Å². The highest BCUT2D eigenvalue weighted by Crippen LogP contribution is 2.40. The molecule has 2 aliphatic heterocycles. The maximum absolute atomic E-state index is 12.9. The first-order valence-electron chi connectivity index (χ1n) is 12.1. The molecule has 180 valence electrons. The van der Waals surface area contributed by atoms with E-state index >= 15 is 0 Å². The van der Waals surface area contributed by atoms with Crippen molar-refractivity contribution >= 4 is 35.1 Å². The molecule has 0 N–H and O–H groups in total. The number of ether oxygens (including phenoxy) is 1. The van der Waals surface area contributed by atoms with E-state index in [-0.39, 0.29) is 42.5 Å². The van der Waals surface area contributed by atoms with Crippen LogP contribution in [0.3, 0.4) is 0 Å². The zero-order chi connectivity index (χ0) is 24.7. The Bertz CT molecular complexity index is 1210. The Morgan fingerprint density at radius 1 is 0.914 bits per heavy atom. The molecule has 5 rings (SSSR count). The van der Waals surface area contributed by atoms with Crippen LogP contribution >= 0.6 is 0 Å². The van der Waals surface area contributed by atoms with Crippen LogP contribution in [0.1, 0.15) is 38.7 Å². The predicted molar refractivity (Wildman–Crippen MR) is 131 cm³/mol. The van der Waals surface area contributed by atoms with E-state index in [1.807, 2.05) is 37.3 Å². The van der Waals surface area contributed by atoms with Crippen LogP contribution in [-0.2, 0) is 25.6 Å². The van der Waals surface area contributed by atoms with Crippen LogP contribution in [0.4, 0.5) is 11.4 Å². The molecule has 2 aromatic rings. The Labute approximate surface area is 204 Å². The summed E-state index contributed by atoms with van der Waals surface area (Å²) in [4.78, 5) is 53.9. The normalized spacial score (nSPS) is 24.0. The summed E-state index contributed by atoms with van der Waals surface area (Å²) >= 11 is 0. The van der Waals surface area contributed by atoms with Crippen molar-refractivity contribution in [1.29, 1.82) is 0 Å². The Balaban J connectivity index is 1.23. The lowest BCUT2D eigenvalue weighted by Gasteiger charge is -2.18. The highest BCUT2D eigenvalue weighted by atomic mass is 16.5. The van der Waals surface area contributed by atoms with Crippen molar-refractivity contribution in [2.45, 2.75) is 39.5 Å². The van der Waals surface area contributed by atoms with Crippen molar-refractivity contribution in [2.75, 3.05) is 16.3 Å². The SMILES string of the molecule is CCc1ccc(N2C[C@H](C(=O)Oc3ccc(N4C(=O)[C@H]5CC(C)=CC[C@H]5C4=O)cc3)CC2=O)cc1. The zero-order valence-corrected chi connectivity index (χ0v) is 19.9. The molecule has 35 heavy (non-hydrogen) atoms. The van der Waals surface area contributed by atoms with Crippen LogP contribution in [0.25, 0.3) is 0 Å². The smallest absolute Gasteiger partial charge is 0.316 e. The molecule has 2 saturated heterocycles. The van der Waals surface area contributed by atoms with Gasteiger partial charge in [0.25, 0.3) is 0 Å². The molecule has 2 heterocycles. The minimum absolute atomic E-state index is 0.0967. The second-order valence-corrected chi connectivity index (χ2v) is 9.56. The molecule has 0 bridgehead atoms. The Morgan fingerprint density at radius 3 is 2.26 bits per heavy atom. The number of rotatable bonds is 5. The lowest BCUT2D eigenvalue weighted by Crippen LogP contribution is -2.30. The number of carbonyl (C=O) groups is 4. The minimum atomic E-state index is -0.561. The topological polar surface area (TPSA) is 84.0 Å². The van der Waals surface area contributed by atoms with E-state index in [2.05, 4.69) is 6.92 Å². The summed E-state index contributed by atoms with van der Waals surface area (Å²) in [5.41, 5.74) is 3.57. The Hall–Kier alpha value is -3.74. The molecule has 2 fully saturated rings. The third-order valence-corrected chi connectivity index (χ3v) is 7.25. The summed E-state index contributed by atoms with van der Waals surface area (Å²) in [5, 5.41) is 0. The number of aryl methyl sites for hydroxylation is 1. The fraction of sp³-hybridized carbons (Fsp3) is 0.357. The van der Waals surface area contributed by atoms with Gasteiger partial charge < -0.3 is 9.64 Å². The summed E-state index contributed by atoms with van der Waals surface area (Å²) in [6, 6.07) is 14.2. The molecule has 0 spiro atoms. The highest BCUT2D eigenvalue weighted by molar-refractivity contribution is 6.22. The van der Waals surface area contributed by atoms with Crippen molar-refractivity contribution in [1.82, 2.24) is 0 Å². The van der Waals surface area contributed by atoms with Crippen LogP contribution in [0, 0.1) is 17.8 Å². The number of benzene rings is 2. The molecule has 3 atom stereocenters. The van der Waals surface area contributed by atoms with Gasteiger partial charge >= 0.3 is 5.97 Å². The van der Waals surface area contributed by atoms with Crippen LogP contribution in [0.5, 0.6) is 5.75 Å². The minimum Gasteiger partial charge on any atom is -0.426 e. The maximum Gasteiger partial charge on any atom is 0.316 e. The quantitative estimate of drug-likeness (QED) is 0.284. The van der Waals surface area contributed by atoms with Gasteiger partial charge in [0, 0.05) is 18.7 Å². The van der Waals surface area contributed by atoms with Gasteiger partial charge in [0.1, 0.15) is 5.75 Å². The molecule has 0 unspecified atom stereocenters. The summed E-state index contributed by atoms with van der Waals surface area (Å²) in [6.07, 6.45) is 4.25. The largest absolute Gasteiger partial charge is 0.426 e. The number of fused-ring (bicyclic) bond motifs is 1. The van der Waals surface area contributed by atoms with Crippen LogP contribution in [0.2, 0.25) is 0 Å². The number of anilines is 2. The molecule has 0 aromatic heterocycles. The predicted octanol–water partition coefficient (Wildman–Crippen LogP) is 4.05. The van der Waals surface area contributed by atoms with E-state index < -0.39 is 11.9 Å². The second-order valence-electron chi connectivity index (χ2n) is 9.56. The van der Waals surface area contributed by atoms with Gasteiger partial charge in [0.05, 0.1) is 23.4 Å². The fourth-order valence-electron chi connectivity index (χ4n) is 5.18. The number of allylic oxidation sites excluding steroid dienone is 2. The standard InChI is InChI=1S/C28H28N2O5/c1-3-18-5-7-20(8-6-18)29-16-19(15-25(29)31)28(34)35-22-11-9-21(10-12-22)30-26(32)23-13-4-17(2)14-24(23)27(30)33/h4-12,19,23-24H,3,13-16H2,1-2H3/t19-,23-,24+/m1/s1. The molecule has 3 amide bonds. The van der Waals surface area contributed by atoms with E-state index in [9.17, 15) is 19.2 Å². The van der Waals surface area contributed by atoms with E-state index in [0.717, 1.165) is 17.7 Å². The number of hydrogen-bond donors (Lipinski definition) is 0. The van der Waals surface area contributed by atoms with Gasteiger partial charge in [-0.2, -0.15) is 0 Å². The van der Waals surface area contributed by atoms with Gasteiger partial charge in [-0.1, -0.05) is 30.7 Å². The van der Waals surface area contributed by atoms with E-state index in [4.69, 9.17) is 4.74 Å². The molecular weight excluding hydrogens is 444 g/mol. The number of imide groups is 1. The lowest BCUT2D eigenvalue weighted by atomic mass is 9.82. The molecule has 0 radical (unpaired) electrons. The molecule has 7 heteroatoms. The first kappa shape index (κ1) is 23.0. The third-order valence-electron chi connectivity index (χ3n) is 7.25. The van der Waals surface area contributed by atoms with Gasteiger partial charge in [-0.15, -0.1) is 0 Å². The highest BCUT2D eigenvalue weighted by Gasteiger charge is 2.48. The van der Waals surface area contributed by atoms with Gasteiger partial charge in [-0.25, -0.2) is 0 Å². The van der Waals surface area contributed by atoms with Crippen LogP contribution in [-0.4, -0.2) is 30.2 Å². The lowest BCUT2D eigenvalue weighted by molar-refractivity contribution is -0.139. The maximum atomic E-state index is 12.9. The Morgan fingerprint density at radius 2 is 1.57 bits per heavy atom. The molecule has 3 aliphatic rings. The molecule has 7 nitrogen and oxygen atoms in total. The third kappa shape index (κ3) is 4.27. The number of hydrogen-bond acceptors (Lipinski definition) is 5. The van der Waals surface area contributed by atoms with E-state index in [1.54, 1.807) is 29.2 Å². The average molecular weight is 473 g/mol.